The van der Waals surface area contributed by atoms with Crippen LogP contribution in [0.25, 0.3) is 0 Å². The van der Waals surface area contributed by atoms with Gasteiger partial charge in [-0.25, -0.2) is 4.79 Å². The highest BCUT2D eigenvalue weighted by atomic mass is 35.5. The zero-order valence-electron chi connectivity index (χ0n) is 13.4. The first-order valence-corrected chi connectivity index (χ1v) is 7.48. The Morgan fingerprint density at radius 2 is 2.04 bits per heavy atom. The van der Waals surface area contributed by atoms with Gasteiger partial charge in [-0.05, 0) is 25.1 Å². The van der Waals surface area contributed by atoms with E-state index in [1.807, 2.05) is 0 Å². The molecule has 2 rings (SSSR count). The fourth-order valence-electron chi connectivity index (χ4n) is 2.50. The minimum absolute atomic E-state index is 0.121. The first-order valence-electron chi connectivity index (χ1n) is 7.10. The summed E-state index contributed by atoms with van der Waals surface area (Å²) < 4.78 is 9.89. The Bertz CT molecular complexity index is 729. The van der Waals surface area contributed by atoms with Gasteiger partial charge in [0.2, 0.25) is 11.8 Å². The summed E-state index contributed by atoms with van der Waals surface area (Å²) >= 11 is 5.94. The van der Waals surface area contributed by atoms with E-state index in [1.54, 1.807) is 19.1 Å². The summed E-state index contributed by atoms with van der Waals surface area (Å²) in [5.41, 5.74) is 0.773. The molecule has 24 heavy (non-hydrogen) atoms. The van der Waals surface area contributed by atoms with Gasteiger partial charge in [0.05, 0.1) is 31.4 Å². The Morgan fingerprint density at radius 1 is 1.33 bits per heavy atom. The molecule has 0 saturated carbocycles. The molecule has 8 heteroatoms. The minimum atomic E-state index is -0.963. The van der Waals surface area contributed by atoms with Crippen LogP contribution in [0.5, 0.6) is 5.75 Å². The molecule has 1 aliphatic rings. The lowest BCUT2D eigenvalue weighted by atomic mass is 9.89. The summed E-state index contributed by atoms with van der Waals surface area (Å²) in [6.07, 6.45) is -0.156. The van der Waals surface area contributed by atoms with Crippen molar-refractivity contribution in [1.29, 1.82) is 0 Å². The highest BCUT2D eigenvalue weighted by Gasteiger charge is 2.36. The molecule has 0 fully saturated rings. The van der Waals surface area contributed by atoms with Gasteiger partial charge in [0.15, 0.2) is 0 Å². The Morgan fingerprint density at radius 3 is 2.67 bits per heavy atom. The Balaban J connectivity index is 2.34. The number of rotatable bonds is 4. The van der Waals surface area contributed by atoms with Crippen LogP contribution in [0.1, 0.15) is 13.3 Å². The molecule has 2 N–H and O–H groups in total. The number of methoxy groups -OCH3 is 2. The van der Waals surface area contributed by atoms with Crippen molar-refractivity contribution >= 4 is 35.1 Å². The molecule has 0 radical (unpaired) electrons. The summed E-state index contributed by atoms with van der Waals surface area (Å²) in [6, 6.07) is 4.75. The molecule has 7 nitrogen and oxygen atoms in total. The van der Waals surface area contributed by atoms with Gasteiger partial charge < -0.3 is 20.1 Å². The van der Waals surface area contributed by atoms with Crippen LogP contribution in [-0.2, 0) is 19.1 Å². The second-order valence-electron chi connectivity index (χ2n) is 5.17. The van der Waals surface area contributed by atoms with Crippen LogP contribution in [0.2, 0.25) is 5.02 Å². The first-order chi connectivity index (χ1) is 11.4. The number of carbonyl (C=O) groups excluding carboxylic acids is 3. The average molecular weight is 353 g/mol. The number of hydrogen-bond donors (Lipinski definition) is 2. The van der Waals surface area contributed by atoms with Gasteiger partial charge in [0.25, 0.3) is 0 Å². The molecule has 0 aliphatic carbocycles. The SMILES string of the molecule is COC(=O)C1=C(C)NC(=O)C[C@H]1C(=O)Nc1cc(Cl)ccc1OC. The van der Waals surface area contributed by atoms with Crippen molar-refractivity contribution in [3.05, 3.63) is 34.5 Å². The minimum Gasteiger partial charge on any atom is -0.495 e. The maximum Gasteiger partial charge on any atom is 0.336 e. The number of amides is 2. The van der Waals surface area contributed by atoms with Gasteiger partial charge in [0.1, 0.15) is 5.75 Å². The van der Waals surface area contributed by atoms with Gasteiger partial charge in [-0.1, -0.05) is 11.6 Å². The van der Waals surface area contributed by atoms with E-state index in [9.17, 15) is 14.4 Å². The molecule has 0 saturated heterocycles. The van der Waals surface area contributed by atoms with E-state index in [1.165, 1.54) is 20.3 Å². The molecule has 1 aromatic rings. The predicted molar refractivity (Wildman–Crippen MR) is 87.6 cm³/mol. The maximum absolute atomic E-state index is 12.6. The highest BCUT2D eigenvalue weighted by Crippen LogP contribution is 2.30. The van der Waals surface area contributed by atoms with E-state index in [-0.39, 0.29) is 17.9 Å². The largest absolute Gasteiger partial charge is 0.495 e. The van der Waals surface area contributed by atoms with Crippen LogP contribution in [-0.4, -0.2) is 32.0 Å². The number of anilines is 1. The van der Waals surface area contributed by atoms with Crippen LogP contribution in [0.15, 0.2) is 29.5 Å². The number of nitrogens with one attached hydrogen (secondary N) is 2. The smallest absolute Gasteiger partial charge is 0.336 e. The molecule has 1 heterocycles. The third kappa shape index (κ3) is 3.68. The van der Waals surface area contributed by atoms with Crippen LogP contribution in [0.4, 0.5) is 5.69 Å². The standard InChI is InChI=1S/C16H17ClN2O5/c1-8-14(16(22)24-3)10(7-13(20)18-8)15(21)19-11-6-9(17)4-5-12(11)23-2/h4-6,10H,7H2,1-3H3,(H,18,20)(H,19,21)/t10-/m1/s1. The fourth-order valence-corrected chi connectivity index (χ4v) is 2.68. The van der Waals surface area contributed by atoms with E-state index in [0.29, 0.717) is 22.2 Å². The summed E-state index contributed by atoms with van der Waals surface area (Å²) in [6.45, 7) is 1.55. The molecule has 0 aromatic heterocycles. The lowest BCUT2D eigenvalue weighted by Crippen LogP contribution is -2.40. The molecule has 1 atom stereocenters. The van der Waals surface area contributed by atoms with E-state index in [2.05, 4.69) is 10.6 Å². The van der Waals surface area contributed by atoms with Crippen LogP contribution in [0, 0.1) is 5.92 Å². The van der Waals surface area contributed by atoms with Crippen LogP contribution in [0.3, 0.4) is 0 Å². The molecule has 128 valence electrons. The second kappa shape index (κ2) is 7.35. The van der Waals surface area contributed by atoms with Gasteiger partial charge in [0, 0.05) is 17.1 Å². The molecular formula is C16H17ClN2O5. The van der Waals surface area contributed by atoms with Crippen molar-refractivity contribution in [2.75, 3.05) is 19.5 Å². The third-order valence-electron chi connectivity index (χ3n) is 3.61. The second-order valence-corrected chi connectivity index (χ2v) is 5.61. The Kier molecular flexibility index (Phi) is 5.46. The Hall–Kier alpha value is -2.54. The number of carbonyl (C=O) groups is 3. The molecule has 0 bridgehead atoms. The van der Waals surface area contributed by atoms with E-state index >= 15 is 0 Å². The third-order valence-corrected chi connectivity index (χ3v) is 3.85. The average Bonchev–Trinajstić information content (AvgIpc) is 2.53. The van der Waals surface area contributed by atoms with E-state index < -0.39 is 17.8 Å². The molecule has 1 aromatic carbocycles. The number of esters is 1. The topological polar surface area (TPSA) is 93.7 Å². The van der Waals surface area contributed by atoms with Crippen molar-refractivity contribution in [3.8, 4) is 5.75 Å². The van der Waals surface area contributed by atoms with Gasteiger partial charge >= 0.3 is 5.97 Å². The Labute approximate surface area is 144 Å². The van der Waals surface area contributed by atoms with Crippen molar-refractivity contribution in [1.82, 2.24) is 5.32 Å². The van der Waals surface area contributed by atoms with Crippen molar-refractivity contribution in [2.45, 2.75) is 13.3 Å². The van der Waals surface area contributed by atoms with Crippen molar-refractivity contribution < 1.29 is 23.9 Å². The van der Waals surface area contributed by atoms with Crippen LogP contribution < -0.4 is 15.4 Å². The predicted octanol–water partition coefficient (Wildman–Crippen LogP) is 1.87. The maximum atomic E-state index is 12.6. The zero-order valence-corrected chi connectivity index (χ0v) is 14.2. The zero-order chi connectivity index (χ0) is 17.9. The van der Waals surface area contributed by atoms with Gasteiger partial charge in [-0.3, -0.25) is 9.59 Å². The molecular weight excluding hydrogens is 336 g/mol. The molecule has 0 unspecified atom stereocenters. The van der Waals surface area contributed by atoms with Crippen molar-refractivity contribution in [3.63, 3.8) is 0 Å². The molecule has 2 amide bonds. The van der Waals surface area contributed by atoms with E-state index in [0.717, 1.165) is 0 Å². The lowest BCUT2D eigenvalue weighted by molar-refractivity contribution is -0.139. The fraction of sp³-hybridized carbons (Fsp3) is 0.312. The highest BCUT2D eigenvalue weighted by molar-refractivity contribution is 6.31. The number of hydrogen-bond acceptors (Lipinski definition) is 5. The van der Waals surface area contributed by atoms with Crippen molar-refractivity contribution in [2.24, 2.45) is 5.92 Å². The quantitative estimate of drug-likeness (QED) is 0.807. The summed E-state index contributed by atoms with van der Waals surface area (Å²) in [4.78, 5) is 36.4. The number of halogens is 1. The van der Waals surface area contributed by atoms with Gasteiger partial charge in [-0.2, -0.15) is 0 Å². The number of benzene rings is 1. The molecule has 1 aliphatic heterocycles. The molecule has 0 spiro atoms. The summed E-state index contributed by atoms with van der Waals surface area (Å²) in [7, 11) is 2.67. The lowest BCUT2D eigenvalue weighted by Gasteiger charge is -2.25. The van der Waals surface area contributed by atoms with E-state index in [4.69, 9.17) is 21.1 Å². The summed E-state index contributed by atoms with van der Waals surface area (Å²) in [5.74, 6) is -2.09. The first kappa shape index (κ1) is 17.8. The van der Waals surface area contributed by atoms with Gasteiger partial charge in [-0.15, -0.1) is 0 Å². The number of ether oxygens (including phenoxy) is 2. The summed E-state index contributed by atoms with van der Waals surface area (Å²) in [5, 5.41) is 5.60. The van der Waals surface area contributed by atoms with Crippen LogP contribution >= 0.6 is 11.6 Å². The number of allylic oxidation sites excluding steroid dienone is 1. The monoisotopic (exact) mass is 352 g/mol. The normalized spacial score (nSPS) is 17.2.